The van der Waals surface area contributed by atoms with Crippen molar-refractivity contribution in [3.8, 4) is 0 Å². The summed E-state index contributed by atoms with van der Waals surface area (Å²) in [5, 5.41) is 20.6. The Morgan fingerprint density at radius 3 is 2.58 bits per heavy atom. The van der Waals surface area contributed by atoms with Gasteiger partial charge in [-0.25, -0.2) is 0 Å². The molecule has 1 amide bonds. The molecule has 0 bridgehead atoms. The van der Waals surface area contributed by atoms with Gasteiger partial charge >= 0.3 is 0 Å². The van der Waals surface area contributed by atoms with Gasteiger partial charge < -0.3 is 15.5 Å². The number of rotatable bonds is 2. The monoisotopic (exact) mass is 169 g/mol. The second kappa shape index (κ2) is 2.73. The predicted octanol–water partition coefficient (Wildman–Crippen LogP) is -0.700. The van der Waals surface area contributed by atoms with Crippen molar-refractivity contribution in [2.75, 3.05) is 6.61 Å². The molecule has 0 saturated heterocycles. The van der Waals surface area contributed by atoms with Crippen molar-refractivity contribution in [3.05, 3.63) is 23.8 Å². The van der Waals surface area contributed by atoms with Crippen molar-refractivity contribution in [2.24, 2.45) is 0 Å². The second-order valence-corrected chi connectivity index (χ2v) is 2.72. The molecule has 0 aromatic carbocycles. The van der Waals surface area contributed by atoms with Crippen LogP contribution in [0.3, 0.4) is 0 Å². The first kappa shape index (κ1) is 8.96. The highest BCUT2D eigenvalue weighted by atomic mass is 16.3. The average molecular weight is 169 g/mol. The highest BCUT2D eigenvalue weighted by Crippen LogP contribution is 2.24. The maximum atomic E-state index is 11.1. The molecule has 0 fully saturated rings. The lowest BCUT2D eigenvalue weighted by Crippen LogP contribution is -2.47. The van der Waals surface area contributed by atoms with Gasteiger partial charge in [-0.05, 0) is 12.5 Å². The molecular weight excluding hydrogens is 158 g/mol. The number of aliphatic hydroxyl groups is 2. The lowest BCUT2D eigenvalue weighted by molar-refractivity contribution is -0.121. The Bertz CT molecular complexity index is 269. The van der Waals surface area contributed by atoms with Crippen LogP contribution in [0.4, 0.5) is 0 Å². The summed E-state index contributed by atoms with van der Waals surface area (Å²) in [6.45, 7) is 4.48. The number of amides is 1. The summed E-state index contributed by atoms with van der Waals surface area (Å²) in [4.78, 5) is 11.1. The Morgan fingerprint density at radius 1 is 1.75 bits per heavy atom. The average Bonchev–Trinajstić information content (AvgIpc) is 2.25. The van der Waals surface area contributed by atoms with Gasteiger partial charge in [-0.1, -0.05) is 12.7 Å². The van der Waals surface area contributed by atoms with Gasteiger partial charge in [-0.2, -0.15) is 0 Å². The van der Waals surface area contributed by atoms with Crippen LogP contribution in [0.25, 0.3) is 0 Å². The summed E-state index contributed by atoms with van der Waals surface area (Å²) in [6.07, 6.45) is 1.36. The van der Waals surface area contributed by atoms with Crippen LogP contribution >= 0.6 is 0 Å². The fourth-order valence-electron chi connectivity index (χ4n) is 1.15. The molecule has 4 nitrogen and oxygen atoms in total. The third-order valence-corrected chi connectivity index (χ3v) is 2.02. The van der Waals surface area contributed by atoms with E-state index in [1.54, 1.807) is 6.92 Å². The van der Waals surface area contributed by atoms with E-state index in [1.807, 2.05) is 0 Å². The van der Waals surface area contributed by atoms with Gasteiger partial charge in [-0.3, -0.25) is 4.79 Å². The molecule has 1 atom stereocenters. The molecule has 0 aliphatic carbocycles. The molecule has 3 N–H and O–H groups in total. The Balaban J connectivity index is 3.12. The van der Waals surface area contributed by atoms with Crippen LogP contribution in [0.15, 0.2) is 23.8 Å². The summed E-state index contributed by atoms with van der Waals surface area (Å²) < 4.78 is 0. The van der Waals surface area contributed by atoms with Crippen LogP contribution in [0.2, 0.25) is 0 Å². The van der Waals surface area contributed by atoms with E-state index >= 15 is 0 Å². The van der Waals surface area contributed by atoms with Crippen LogP contribution < -0.4 is 5.32 Å². The Kier molecular flexibility index (Phi) is 2.04. The van der Waals surface area contributed by atoms with E-state index in [-0.39, 0.29) is 0 Å². The Hall–Kier alpha value is -1.13. The van der Waals surface area contributed by atoms with Gasteiger partial charge in [0.2, 0.25) is 0 Å². The summed E-state index contributed by atoms with van der Waals surface area (Å²) in [5.74, 6) is -0.404. The Morgan fingerprint density at radius 2 is 2.33 bits per heavy atom. The third kappa shape index (κ3) is 1.05. The summed E-state index contributed by atoms with van der Waals surface area (Å²) in [7, 11) is 0. The molecule has 0 aromatic rings. The summed E-state index contributed by atoms with van der Waals surface area (Å²) in [6, 6.07) is 0. The van der Waals surface area contributed by atoms with Crippen LogP contribution in [-0.2, 0) is 4.79 Å². The minimum atomic E-state index is -1.60. The molecule has 0 aromatic heterocycles. The van der Waals surface area contributed by atoms with Crippen molar-refractivity contribution in [1.29, 1.82) is 0 Å². The zero-order valence-corrected chi connectivity index (χ0v) is 6.79. The van der Waals surface area contributed by atoms with Gasteiger partial charge in [0.05, 0.1) is 6.61 Å². The van der Waals surface area contributed by atoms with E-state index in [1.165, 1.54) is 6.08 Å². The number of nitrogens with one attached hydrogen (secondary N) is 1. The van der Waals surface area contributed by atoms with E-state index in [4.69, 9.17) is 5.11 Å². The van der Waals surface area contributed by atoms with E-state index in [9.17, 15) is 9.90 Å². The highest BCUT2D eigenvalue weighted by Gasteiger charge is 2.39. The van der Waals surface area contributed by atoms with Gasteiger partial charge in [0.25, 0.3) is 5.91 Å². The standard InChI is InChI=1S/C8H11NO3/c1-3-6-5(2)8(12,4-10)9-7(6)11/h3,10,12H,1,4H2,2H3,(H,9,11). The molecule has 4 heteroatoms. The van der Waals surface area contributed by atoms with Gasteiger partial charge in [-0.15, -0.1) is 0 Å². The van der Waals surface area contributed by atoms with Crippen molar-refractivity contribution < 1.29 is 15.0 Å². The molecule has 1 heterocycles. The van der Waals surface area contributed by atoms with Gasteiger partial charge in [0.1, 0.15) is 0 Å². The van der Waals surface area contributed by atoms with E-state index in [0.717, 1.165) is 0 Å². The molecule has 66 valence electrons. The predicted molar refractivity (Wildman–Crippen MR) is 43.1 cm³/mol. The zero-order chi connectivity index (χ0) is 9.35. The van der Waals surface area contributed by atoms with Crippen molar-refractivity contribution in [2.45, 2.75) is 12.6 Å². The molecular formula is C8H11NO3. The maximum absolute atomic E-state index is 11.1. The number of aliphatic hydroxyl groups excluding tert-OH is 1. The lowest BCUT2D eigenvalue weighted by Gasteiger charge is -2.21. The molecule has 1 unspecified atom stereocenters. The van der Waals surface area contributed by atoms with Crippen LogP contribution in [-0.4, -0.2) is 28.5 Å². The minimum absolute atomic E-state index is 0.326. The molecule has 0 saturated carbocycles. The van der Waals surface area contributed by atoms with E-state index in [2.05, 4.69) is 11.9 Å². The largest absolute Gasteiger partial charge is 0.391 e. The quantitative estimate of drug-likeness (QED) is 0.512. The normalized spacial score (nSPS) is 29.1. The second-order valence-electron chi connectivity index (χ2n) is 2.72. The van der Waals surface area contributed by atoms with Gasteiger partial charge in [0, 0.05) is 5.57 Å². The number of hydrogen-bond donors (Lipinski definition) is 3. The first-order valence-electron chi connectivity index (χ1n) is 3.54. The number of hydrogen-bond acceptors (Lipinski definition) is 3. The Labute approximate surface area is 70.2 Å². The fraction of sp³-hybridized carbons (Fsp3) is 0.375. The maximum Gasteiger partial charge on any atom is 0.253 e. The van der Waals surface area contributed by atoms with Gasteiger partial charge in [0.15, 0.2) is 5.72 Å². The molecule has 1 rings (SSSR count). The molecule has 0 spiro atoms. The SMILES string of the molecule is C=CC1=C(C)C(O)(CO)NC1=O. The van der Waals surface area contributed by atoms with Crippen molar-refractivity contribution in [1.82, 2.24) is 5.32 Å². The van der Waals surface area contributed by atoms with Crippen molar-refractivity contribution >= 4 is 5.91 Å². The molecule has 12 heavy (non-hydrogen) atoms. The molecule has 0 radical (unpaired) electrons. The molecule has 1 aliphatic heterocycles. The smallest absolute Gasteiger partial charge is 0.253 e. The number of carbonyl (C=O) groups is 1. The van der Waals surface area contributed by atoms with Crippen LogP contribution in [0.1, 0.15) is 6.92 Å². The first-order chi connectivity index (χ1) is 5.55. The summed E-state index contributed by atoms with van der Waals surface area (Å²) >= 11 is 0. The topological polar surface area (TPSA) is 69.6 Å². The van der Waals surface area contributed by atoms with E-state index < -0.39 is 18.2 Å². The lowest BCUT2D eigenvalue weighted by atomic mass is 10.0. The third-order valence-electron chi connectivity index (χ3n) is 2.02. The van der Waals surface area contributed by atoms with Crippen molar-refractivity contribution in [3.63, 3.8) is 0 Å². The summed E-state index contributed by atoms with van der Waals surface area (Å²) in [5.41, 5.74) is -0.864. The van der Waals surface area contributed by atoms with Crippen LogP contribution in [0.5, 0.6) is 0 Å². The minimum Gasteiger partial charge on any atom is -0.391 e. The fourth-order valence-corrected chi connectivity index (χ4v) is 1.15. The number of carbonyl (C=O) groups excluding carboxylic acids is 1. The highest BCUT2D eigenvalue weighted by molar-refractivity contribution is 6.00. The van der Waals surface area contributed by atoms with E-state index in [0.29, 0.717) is 11.1 Å². The first-order valence-corrected chi connectivity index (χ1v) is 3.54. The van der Waals surface area contributed by atoms with Crippen LogP contribution in [0, 0.1) is 0 Å². The zero-order valence-electron chi connectivity index (χ0n) is 6.79. The molecule has 1 aliphatic rings.